The number of aliphatic imine (C=N–C) groups is 1. The summed E-state index contributed by atoms with van der Waals surface area (Å²) in [6.07, 6.45) is -23.6. The van der Waals surface area contributed by atoms with Crippen LogP contribution in [-0.2, 0) is 35.7 Å². The zero-order chi connectivity index (χ0) is 53.8. The van der Waals surface area contributed by atoms with Crippen LogP contribution in [0.15, 0.2) is 120 Å². The van der Waals surface area contributed by atoms with Gasteiger partial charge in [-0.1, -0.05) is 36.4 Å². The first-order valence-electron chi connectivity index (χ1n) is 19.6. The average molecular weight is 1040 g/mol. The van der Waals surface area contributed by atoms with E-state index in [1.54, 1.807) is 19.2 Å². The van der Waals surface area contributed by atoms with E-state index in [2.05, 4.69) is 25.2 Å². The number of Topliss-reactive ketones (excluding diaryl/α,β-unsaturated/α-hetero) is 2. The lowest BCUT2D eigenvalue weighted by molar-refractivity contribution is -0.170. The molecule has 3 aromatic carbocycles. The molecule has 10 nitrogen and oxygen atoms in total. The van der Waals surface area contributed by atoms with Crippen LogP contribution < -0.4 is 5.73 Å². The Bertz CT molecular complexity index is 3090. The van der Waals surface area contributed by atoms with Crippen LogP contribution in [0.2, 0.25) is 0 Å². The molecule has 4 aromatic heterocycles. The number of allylic oxidation sites excluding steroid dienone is 1. The lowest BCUT2D eigenvalue weighted by Crippen LogP contribution is -2.25. The molecule has 7 aromatic rings. The van der Waals surface area contributed by atoms with Gasteiger partial charge in [-0.15, -0.1) is 0 Å². The van der Waals surface area contributed by atoms with Crippen molar-refractivity contribution < 1.29 is 88.6 Å². The van der Waals surface area contributed by atoms with Crippen molar-refractivity contribution in [3.05, 3.63) is 154 Å². The maximum atomic E-state index is 13.2. The van der Waals surface area contributed by atoms with E-state index < -0.39 is 83.1 Å². The molecule has 1 aliphatic rings. The molecule has 5 heterocycles. The van der Waals surface area contributed by atoms with Gasteiger partial charge in [0.05, 0.1) is 53.4 Å². The van der Waals surface area contributed by atoms with E-state index in [1.165, 1.54) is 12.3 Å². The van der Waals surface area contributed by atoms with Crippen LogP contribution in [0, 0.1) is 6.92 Å². The van der Waals surface area contributed by atoms with Gasteiger partial charge in [0, 0.05) is 40.2 Å². The third kappa shape index (κ3) is 14.2. The molecule has 72 heavy (non-hydrogen) atoms. The standard InChI is InChI=1S/C15H9F6N3.C14H7F6N3.C11H6F6O2.C4H6N2/c1-8-7-22-24-12(15(19,20)21)6-11(23-13(8)24)9-2-4-10(5-3-9)14(16,17)18;15-13(16,17)9-3-1-8(2-4-9)10-7-11(14(18,19)20)23-12(22-10)5-6-21-23;12-10(13,14)7-3-1-6(2-4-7)8(18)5-9(19)11(15,16)17;5-4-1-2-6-3-4/h2-7H,1H3;1-7H;1-4H,5H2;1-2H,3,5H2. The summed E-state index contributed by atoms with van der Waals surface area (Å²) >= 11 is 0. The number of fused-ring (bicyclic) bond motifs is 2. The number of rotatable bonds is 5. The lowest BCUT2D eigenvalue weighted by atomic mass is 10.0. The Kier molecular flexibility index (Phi) is 16.0. The minimum Gasteiger partial charge on any atom is -0.400 e. The monoisotopic (exact) mass is 1040 g/mol. The Hall–Kier alpha value is -7.81. The third-order valence-electron chi connectivity index (χ3n) is 9.44. The maximum absolute atomic E-state index is 13.2. The summed E-state index contributed by atoms with van der Waals surface area (Å²) in [7, 11) is 0. The molecule has 0 fully saturated rings. The smallest absolute Gasteiger partial charge is 0.400 e. The number of nitrogens with zero attached hydrogens (tertiary/aromatic N) is 7. The maximum Gasteiger partial charge on any atom is 0.450 e. The second kappa shape index (κ2) is 20.9. The summed E-state index contributed by atoms with van der Waals surface area (Å²) in [5.41, 5.74) is 1.35. The van der Waals surface area contributed by atoms with Gasteiger partial charge in [0.15, 0.2) is 28.5 Å². The molecule has 2 N–H and O–H groups in total. The van der Waals surface area contributed by atoms with Gasteiger partial charge >= 0.3 is 37.1 Å². The third-order valence-corrected chi connectivity index (χ3v) is 9.44. The molecule has 0 unspecified atom stereocenters. The number of halogens is 18. The van der Waals surface area contributed by atoms with Crippen molar-refractivity contribution in [3.63, 3.8) is 0 Å². The number of aromatic nitrogens is 6. The second-order valence-electron chi connectivity index (χ2n) is 14.7. The SMILES string of the molecule is Cc1cnn2c(C(F)(F)F)cc(-c3ccc(C(F)(F)F)cc3)nc12.FC(F)(F)c1ccc(-c2cc(C(F)(F)F)n3nccc3n2)cc1.NC1=CC=NC1.O=C(CC(=O)C(F)(F)F)c1ccc(C(F)(F)F)cc1. The predicted octanol–water partition coefficient (Wildman–Crippen LogP) is 12.5. The zero-order valence-corrected chi connectivity index (χ0v) is 35.7. The highest BCUT2D eigenvalue weighted by atomic mass is 19.4. The van der Waals surface area contributed by atoms with E-state index >= 15 is 0 Å². The summed E-state index contributed by atoms with van der Waals surface area (Å²) in [4.78, 5) is 33.7. The van der Waals surface area contributed by atoms with Crippen LogP contribution >= 0.6 is 0 Å². The Balaban J connectivity index is 0.000000190. The van der Waals surface area contributed by atoms with Crippen molar-refractivity contribution >= 4 is 29.1 Å². The number of carbonyl (C=O) groups is 2. The van der Waals surface area contributed by atoms with E-state index in [0.717, 1.165) is 84.7 Å². The predicted molar refractivity (Wildman–Crippen MR) is 219 cm³/mol. The van der Waals surface area contributed by atoms with Crippen molar-refractivity contribution in [1.82, 2.24) is 29.2 Å². The van der Waals surface area contributed by atoms with Gasteiger partial charge in [0.25, 0.3) is 0 Å². The molecule has 0 saturated carbocycles. The molecule has 8 rings (SSSR count). The number of aryl methyl sites for hydroxylation is 1. The first kappa shape index (κ1) is 55.1. The van der Waals surface area contributed by atoms with E-state index in [0.29, 0.717) is 33.3 Å². The van der Waals surface area contributed by atoms with Crippen LogP contribution in [-0.4, -0.2) is 59.7 Å². The second-order valence-corrected chi connectivity index (χ2v) is 14.7. The van der Waals surface area contributed by atoms with Gasteiger partial charge in [-0.05, 0) is 61.5 Å². The minimum absolute atomic E-state index is 0.000257. The molecule has 0 spiro atoms. The molecular formula is C44H28F18N8O2. The molecule has 0 atom stereocenters. The summed E-state index contributed by atoms with van der Waals surface area (Å²) in [6, 6.07) is 12.9. The number of hydrogen-bond acceptors (Lipinski definition) is 8. The van der Waals surface area contributed by atoms with Crippen LogP contribution in [0.5, 0.6) is 0 Å². The van der Waals surface area contributed by atoms with E-state index in [4.69, 9.17) is 5.73 Å². The lowest BCUT2D eigenvalue weighted by Gasteiger charge is -2.12. The van der Waals surface area contributed by atoms with Crippen LogP contribution in [0.4, 0.5) is 79.0 Å². The van der Waals surface area contributed by atoms with Gasteiger partial charge < -0.3 is 5.73 Å². The van der Waals surface area contributed by atoms with Crippen molar-refractivity contribution in [2.24, 2.45) is 10.7 Å². The summed E-state index contributed by atoms with van der Waals surface area (Å²) in [6.45, 7) is 2.24. The molecule has 0 bridgehead atoms. The first-order chi connectivity index (χ1) is 33.1. The number of hydrogen-bond donors (Lipinski definition) is 1. The van der Waals surface area contributed by atoms with Gasteiger partial charge in [0.2, 0.25) is 5.78 Å². The average Bonchev–Trinajstić information content (AvgIpc) is 4.06. The quantitative estimate of drug-likeness (QED) is 0.103. The molecular weight excluding hydrogens is 1010 g/mol. The molecule has 0 aliphatic carbocycles. The molecule has 0 amide bonds. The highest BCUT2D eigenvalue weighted by Gasteiger charge is 2.40. The minimum atomic E-state index is -5.14. The number of benzene rings is 3. The Morgan fingerprint density at radius 2 is 1.01 bits per heavy atom. The zero-order valence-electron chi connectivity index (χ0n) is 35.7. The summed E-state index contributed by atoms with van der Waals surface area (Å²) in [5, 5.41) is 7.20. The van der Waals surface area contributed by atoms with Gasteiger partial charge in [-0.3, -0.25) is 14.6 Å². The number of carbonyl (C=O) groups excluding carboxylic acids is 2. The van der Waals surface area contributed by atoms with Gasteiger partial charge in [-0.25, -0.2) is 19.0 Å². The fourth-order valence-electron chi connectivity index (χ4n) is 5.90. The molecule has 0 radical (unpaired) electrons. The normalized spacial score (nSPS) is 13.1. The summed E-state index contributed by atoms with van der Waals surface area (Å²) < 4.78 is 228. The number of alkyl halides is 18. The fraction of sp³-hybridized carbons (Fsp3) is 0.205. The number of ketones is 2. The van der Waals surface area contributed by atoms with Crippen LogP contribution in [0.1, 0.15) is 50.4 Å². The highest BCUT2D eigenvalue weighted by molar-refractivity contribution is 6.09. The fourth-order valence-corrected chi connectivity index (χ4v) is 5.90. The Morgan fingerprint density at radius 1 is 0.569 bits per heavy atom. The van der Waals surface area contributed by atoms with Crippen molar-refractivity contribution in [2.45, 2.75) is 50.4 Å². The topological polar surface area (TPSA) is 133 Å². The van der Waals surface area contributed by atoms with Crippen LogP contribution in [0.3, 0.4) is 0 Å². The molecule has 382 valence electrons. The Labute approximate surface area is 391 Å². The first-order valence-corrected chi connectivity index (χ1v) is 19.6. The van der Waals surface area contributed by atoms with Gasteiger partial charge in [0.1, 0.15) is 0 Å². The summed E-state index contributed by atoms with van der Waals surface area (Å²) in [5.74, 6) is -3.42. The Morgan fingerprint density at radius 3 is 1.40 bits per heavy atom. The van der Waals surface area contributed by atoms with Crippen molar-refractivity contribution in [3.8, 4) is 22.5 Å². The molecule has 28 heteroatoms. The van der Waals surface area contributed by atoms with Crippen molar-refractivity contribution in [1.29, 1.82) is 0 Å². The number of nitrogens with two attached hydrogens (primary N) is 1. The largest absolute Gasteiger partial charge is 0.450 e. The van der Waals surface area contributed by atoms with Gasteiger partial charge in [-0.2, -0.15) is 89.2 Å². The molecule has 0 saturated heterocycles. The van der Waals surface area contributed by atoms with E-state index in [-0.39, 0.29) is 39.4 Å². The highest BCUT2D eigenvalue weighted by Crippen LogP contribution is 2.37. The molecule has 1 aliphatic heterocycles. The van der Waals surface area contributed by atoms with E-state index in [9.17, 15) is 88.6 Å². The van der Waals surface area contributed by atoms with E-state index in [1.807, 2.05) is 0 Å². The van der Waals surface area contributed by atoms with Crippen molar-refractivity contribution in [2.75, 3.05) is 6.54 Å². The van der Waals surface area contributed by atoms with Crippen LogP contribution in [0.25, 0.3) is 33.8 Å².